The zero-order chi connectivity index (χ0) is 11.5. The van der Waals surface area contributed by atoms with Crippen LogP contribution in [0.1, 0.15) is 18.4 Å². The molecule has 0 heterocycles. The minimum Gasteiger partial charge on any atom is -0.395 e. The van der Waals surface area contributed by atoms with Gasteiger partial charge in [-0.2, -0.15) is 0 Å². The molecule has 0 saturated heterocycles. The number of benzene rings is 1. The summed E-state index contributed by atoms with van der Waals surface area (Å²) >= 11 is 0. The van der Waals surface area contributed by atoms with Gasteiger partial charge in [-0.15, -0.1) is 0 Å². The first-order chi connectivity index (χ1) is 7.76. The third-order valence-corrected chi connectivity index (χ3v) is 2.85. The Bertz CT molecular complexity index is 366. The van der Waals surface area contributed by atoms with E-state index in [-0.39, 0.29) is 19.0 Å². The molecular formula is C12H16FNO2. The van der Waals surface area contributed by atoms with Gasteiger partial charge >= 0.3 is 0 Å². The van der Waals surface area contributed by atoms with Gasteiger partial charge < -0.3 is 15.1 Å². The van der Waals surface area contributed by atoms with E-state index in [0.717, 1.165) is 18.5 Å². The van der Waals surface area contributed by atoms with Gasteiger partial charge in [-0.05, 0) is 31.0 Å². The first-order valence-corrected chi connectivity index (χ1v) is 5.53. The van der Waals surface area contributed by atoms with Crippen LogP contribution >= 0.6 is 0 Å². The summed E-state index contributed by atoms with van der Waals surface area (Å²) in [5, 5.41) is 18.2. The monoisotopic (exact) mass is 225 g/mol. The number of anilines is 1. The summed E-state index contributed by atoms with van der Waals surface area (Å²) < 4.78 is 13.0. The van der Waals surface area contributed by atoms with Crippen molar-refractivity contribution in [1.29, 1.82) is 0 Å². The van der Waals surface area contributed by atoms with Crippen LogP contribution in [0.3, 0.4) is 0 Å². The summed E-state index contributed by atoms with van der Waals surface area (Å²) in [5.41, 5.74) is 1.42. The van der Waals surface area contributed by atoms with E-state index in [9.17, 15) is 9.50 Å². The highest BCUT2D eigenvalue weighted by Gasteiger charge is 2.29. The number of aliphatic hydroxyl groups excluding tert-OH is 2. The van der Waals surface area contributed by atoms with E-state index in [1.54, 1.807) is 6.07 Å². The predicted octanol–water partition coefficient (Wildman–Crippen LogP) is 1.28. The van der Waals surface area contributed by atoms with Crippen LogP contribution in [0.2, 0.25) is 0 Å². The summed E-state index contributed by atoms with van der Waals surface area (Å²) in [6, 6.07) is 4.85. The van der Waals surface area contributed by atoms with Crippen molar-refractivity contribution in [2.24, 2.45) is 0 Å². The van der Waals surface area contributed by atoms with E-state index >= 15 is 0 Å². The lowest BCUT2D eigenvalue weighted by Crippen LogP contribution is -2.29. The third-order valence-electron chi connectivity index (χ3n) is 2.85. The Morgan fingerprint density at radius 3 is 2.62 bits per heavy atom. The molecule has 2 N–H and O–H groups in total. The van der Waals surface area contributed by atoms with E-state index in [1.807, 2.05) is 4.90 Å². The van der Waals surface area contributed by atoms with Gasteiger partial charge in [-0.3, -0.25) is 0 Å². The van der Waals surface area contributed by atoms with E-state index in [1.165, 1.54) is 12.1 Å². The molecule has 1 aliphatic rings. The Kier molecular flexibility index (Phi) is 3.41. The van der Waals surface area contributed by atoms with Crippen molar-refractivity contribution >= 4 is 5.69 Å². The highest BCUT2D eigenvalue weighted by Crippen LogP contribution is 2.33. The molecule has 0 radical (unpaired) electrons. The maximum Gasteiger partial charge on any atom is 0.123 e. The van der Waals surface area contributed by atoms with Crippen molar-refractivity contribution < 1.29 is 14.6 Å². The fraction of sp³-hybridized carbons (Fsp3) is 0.500. The standard InChI is InChI=1S/C12H16FNO2/c13-10-1-4-12(9(7-10)8-16)14(5-6-15)11-2-3-11/h1,4,7,11,15-16H,2-3,5-6,8H2. The van der Waals surface area contributed by atoms with Crippen LogP contribution in [0.25, 0.3) is 0 Å². The van der Waals surface area contributed by atoms with Crippen LogP contribution in [-0.4, -0.2) is 29.4 Å². The fourth-order valence-electron chi connectivity index (χ4n) is 1.95. The fourth-order valence-corrected chi connectivity index (χ4v) is 1.95. The van der Waals surface area contributed by atoms with E-state index in [4.69, 9.17) is 5.11 Å². The van der Waals surface area contributed by atoms with Gasteiger partial charge in [0.15, 0.2) is 0 Å². The van der Waals surface area contributed by atoms with Crippen LogP contribution in [0.5, 0.6) is 0 Å². The van der Waals surface area contributed by atoms with Gasteiger partial charge in [0.25, 0.3) is 0 Å². The maximum atomic E-state index is 13.0. The molecule has 1 aromatic rings. The van der Waals surface area contributed by atoms with Crippen LogP contribution in [0.4, 0.5) is 10.1 Å². The molecule has 2 rings (SSSR count). The second-order valence-electron chi connectivity index (χ2n) is 4.08. The van der Waals surface area contributed by atoms with Gasteiger partial charge in [-0.25, -0.2) is 4.39 Å². The molecule has 1 fully saturated rings. The smallest absolute Gasteiger partial charge is 0.123 e. The predicted molar refractivity (Wildman–Crippen MR) is 59.8 cm³/mol. The van der Waals surface area contributed by atoms with Gasteiger partial charge in [0, 0.05) is 23.8 Å². The van der Waals surface area contributed by atoms with Crippen LogP contribution in [-0.2, 0) is 6.61 Å². The van der Waals surface area contributed by atoms with Crippen molar-refractivity contribution in [2.45, 2.75) is 25.5 Å². The average molecular weight is 225 g/mol. The molecule has 0 spiro atoms. The lowest BCUT2D eigenvalue weighted by molar-refractivity contribution is 0.280. The second kappa shape index (κ2) is 4.80. The highest BCUT2D eigenvalue weighted by atomic mass is 19.1. The van der Waals surface area contributed by atoms with Crippen molar-refractivity contribution in [3.05, 3.63) is 29.6 Å². The number of hydrogen-bond acceptors (Lipinski definition) is 3. The summed E-state index contributed by atoms with van der Waals surface area (Å²) in [4.78, 5) is 2.05. The Hall–Kier alpha value is -1.13. The molecule has 3 nitrogen and oxygen atoms in total. The SMILES string of the molecule is OCCN(c1ccc(F)cc1CO)C1CC1. The first kappa shape index (κ1) is 11.4. The molecule has 1 aromatic carbocycles. The average Bonchev–Trinajstić information content (AvgIpc) is 3.10. The zero-order valence-electron chi connectivity index (χ0n) is 9.06. The Labute approximate surface area is 94.1 Å². The quantitative estimate of drug-likeness (QED) is 0.793. The number of rotatable bonds is 5. The normalized spacial score (nSPS) is 15.2. The van der Waals surface area contributed by atoms with Crippen LogP contribution in [0.15, 0.2) is 18.2 Å². The van der Waals surface area contributed by atoms with Crippen molar-refractivity contribution in [2.75, 3.05) is 18.1 Å². The van der Waals surface area contributed by atoms with Crippen LogP contribution < -0.4 is 4.90 Å². The molecule has 0 bridgehead atoms. The molecule has 4 heteroatoms. The topological polar surface area (TPSA) is 43.7 Å². The molecule has 0 aliphatic heterocycles. The summed E-state index contributed by atoms with van der Waals surface area (Å²) in [7, 11) is 0. The lowest BCUT2D eigenvalue weighted by atomic mass is 10.1. The van der Waals surface area contributed by atoms with Crippen molar-refractivity contribution in [1.82, 2.24) is 0 Å². The highest BCUT2D eigenvalue weighted by molar-refractivity contribution is 5.55. The number of nitrogens with zero attached hydrogens (tertiary/aromatic N) is 1. The largest absolute Gasteiger partial charge is 0.395 e. The molecule has 88 valence electrons. The Balaban J connectivity index is 2.28. The summed E-state index contributed by atoms with van der Waals surface area (Å²) in [5.74, 6) is -0.340. The lowest BCUT2D eigenvalue weighted by Gasteiger charge is -2.26. The van der Waals surface area contributed by atoms with Crippen LogP contribution in [0, 0.1) is 5.82 Å². The van der Waals surface area contributed by atoms with Gasteiger partial charge in [0.2, 0.25) is 0 Å². The number of hydrogen-bond donors (Lipinski definition) is 2. The minimum absolute atomic E-state index is 0.0682. The molecule has 0 aromatic heterocycles. The molecule has 0 unspecified atom stereocenters. The minimum atomic E-state index is -0.340. The molecular weight excluding hydrogens is 209 g/mol. The third kappa shape index (κ3) is 2.33. The number of halogens is 1. The molecule has 0 atom stereocenters. The molecule has 16 heavy (non-hydrogen) atoms. The van der Waals surface area contributed by atoms with Crippen molar-refractivity contribution in [3.63, 3.8) is 0 Å². The molecule has 0 amide bonds. The first-order valence-electron chi connectivity index (χ1n) is 5.53. The summed E-state index contributed by atoms with van der Waals surface area (Å²) in [6.45, 7) is 0.420. The molecule has 1 saturated carbocycles. The van der Waals surface area contributed by atoms with Gasteiger partial charge in [0.05, 0.1) is 13.2 Å². The zero-order valence-corrected chi connectivity index (χ0v) is 9.06. The molecule has 1 aliphatic carbocycles. The Morgan fingerprint density at radius 2 is 2.06 bits per heavy atom. The van der Waals surface area contributed by atoms with Gasteiger partial charge in [0.1, 0.15) is 5.82 Å². The number of aliphatic hydroxyl groups is 2. The second-order valence-corrected chi connectivity index (χ2v) is 4.08. The van der Waals surface area contributed by atoms with E-state index in [2.05, 4.69) is 0 Å². The van der Waals surface area contributed by atoms with E-state index in [0.29, 0.717) is 18.2 Å². The van der Waals surface area contributed by atoms with Crippen molar-refractivity contribution in [3.8, 4) is 0 Å². The Morgan fingerprint density at radius 1 is 1.31 bits per heavy atom. The summed E-state index contributed by atoms with van der Waals surface area (Å²) in [6.07, 6.45) is 2.20. The van der Waals surface area contributed by atoms with E-state index < -0.39 is 0 Å². The maximum absolute atomic E-state index is 13.0. The van der Waals surface area contributed by atoms with Gasteiger partial charge in [-0.1, -0.05) is 0 Å².